The first-order valence-corrected chi connectivity index (χ1v) is 9.31. The van der Waals surface area contributed by atoms with Gasteiger partial charge in [0.05, 0.1) is 13.2 Å². The van der Waals surface area contributed by atoms with Gasteiger partial charge in [-0.2, -0.15) is 0 Å². The third kappa shape index (κ3) is 3.90. The van der Waals surface area contributed by atoms with E-state index in [4.69, 9.17) is 13.6 Å². The van der Waals surface area contributed by atoms with Gasteiger partial charge in [0.25, 0.3) is 5.91 Å². The molecular formula is C20H19N3O7. The molecule has 3 aromatic rings. The molecule has 1 aliphatic heterocycles. The van der Waals surface area contributed by atoms with Crippen LogP contribution in [0.25, 0.3) is 11.0 Å². The van der Waals surface area contributed by atoms with E-state index >= 15 is 0 Å². The molecule has 1 aliphatic rings. The zero-order valence-electron chi connectivity index (χ0n) is 16.2. The minimum absolute atomic E-state index is 0.0473. The summed E-state index contributed by atoms with van der Waals surface area (Å²) in [6.07, 6.45) is 0. The van der Waals surface area contributed by atoms with Crippen LogP contribution in [-0.4, -0.2) is 53.9 Å². The molecule has 1 aromatic carbocycles. The summed E-state index contributed by atoms with van der Waals surface area (Å²) in [5.41, 5.74) is 0.893. The Labute approximate surface area is 170 Å². The van der Waals surface area contributed by atoms with E-state index in [0.717, 1.165) is 10.9 Å². The maximum absolute atomic E-state index is 12.5. The molecule has 0 atom stereocenters. The average Bonchev–Trinajstić information content (AvgIpc) is 3.24. The van der Waals surface area contributed by atoms with Crippen LogP contribution in [0.2, 0.25) is 0 Å². The van der Waals surface area contributed by atoms with Crippen molar-refractivity contribution in [2.75, 3.05) is 33.3 Å². The second-order valence-corrected chi connectivity index (χ2v) is 6.92. The molecule has 30 heavy (non-hydrogen) atoms. The van der Waals surface area contributed by atoms with Gasteiger partial charge in [-0.1, -0.05) is 0 Å². The quantitative estimate of drug-likeness (QED) is 0.355. The van der Waals surface area contributed by atoms with Crippen LogP contribution in [0.3, 0.4) is 0 Å². The molecule has 0 radical (unpaired) electrons. The highest BCUT2D eigenvalue weighted by Gasteiger charge is 2.26. The maximum atomic E-state index is 12.5. The van der Waals surface area contributed by atoms with Crippen molar-refractivity contribution in [1.29, 1.82) is 0 Å². The molecule has 4 rings (SSSR count). The second-order valence-electron chi connectivity index (χ2n) is 6.92. The Hall–Kier alpha value is -3.66. The molecule has 0 aliphatic carbocycles. The van der Waals surface area contributed by atoms with E-state index in [-0.39, 0.29) is 11.7 Å². The van der Waals surface area contributed by atoms with E-state index in [2.05, 4.69) is 4.90 Å². The molecule has 3 heterocycles. The number of nitro groups is 1. The number of fused-ring (bicyclic) bond motifs is 1. The van der Waals surface area contributed by atoms with E-state index < -0.39 is 16.4 Å². The Balaban J connectivity index is 1.45. The normalized spacial score (nSPS) is 14.8. The number of hydrogen-bond donors (Lipinski definition) is 0. The second kappa shape index (κ2) is 7.99. The number of carbonyl (C=O) groups excluding carboxylic acids is 1. The average molecular weight is 413 g/mol. The Bertz CT molecular complexity index is 1160. The van der Waals surface area contributed by atoms with Gasteiger partial charge < -0.3 is 18.5 Å². The van der Waals surface area contributed by atoms with Gasteiger partial charge >= 0.3 is 11.5 Å². The highest BCUT2D eigenvalue weighted by molar-refractivity contribution is 5.91. The van der Waals surface area contributed by atoms with Crippen molar-refractivity contribution < 1.29 is 23.3 Å². The van der Waals surface area contributed by atoms with Gasteiger partial charge in [-0.3, -0.25) is 19.8 Å². The molecule has 1 saturated heterocycles. The first-order chi connectivity index (χ1) is 14.4. The molecule has 0 unspecified atom stereocenters. The van der Waals surface area contributed by atoms with Gasteiger partial charge in [-0.15, -0.1) is 0 Å². The van der Waals surface area contributed by atoms with E-state index in [1.165, 1.54) is 18.2 Å². The smallest absolute Gasteiger partial charge is 0.433 e. The lowest BCUT2D eigenvalue weighted by molar-refractivity contribution is -0.402. The number of methoxy groups -OCH3 is 1. The monoisotopic (exact) mass is 413 g/mol. The number of furan rings is 1. The number of amides is 1. The Morgan fingerprint density at radius 3 is 2.57 bits per heavy atom. The molecule has 156 valence electrons. The van der Waals surface area contributed by atoms with Crippen LogP contribution in [0, 0.1) is 10.1 Å². The highest BCUT2D eigenvalue weighted by atomic mass is 16.6. The number of piperazine rings is 1. The predicted molar refractivity (Wildman–Crippen MR) is 106 cm³/mol. The van der Waals surface area contributed by atoms with Crippen LogP contribution in [-0.2, 0) is 6.54 Å². The zero-order valence-corrected chi connectivity index (χ0v) is 16.2. The minimum Gasteiger partial charge on any atom is -0.497 e. The standard InChI is InChI=1S/C20H19N3O7/c1-28-14-2-3-16-15(11-14)13(10-19(24)30-16)12-21-6-8-22(9-7-21)20(25)17-4-5-18(29-17)23(26)27/h2-5,10-11H,6-9,12H2,1H3. The van der Waals surface area contributed by atoms with E-state index in [0.29, 0.717) is 44.1 Å². The van der Waals surface area contributed by atoms with E-state index in [1.54, 1.807) is 24.1 Å². The summed E-state index contributed by atoms with van der Waals surface area (Å²) in [5.74, 6) is -0.213. The SMILES string of the molecule is COc1ccc2oc(=O)cc(CN3CCN(C(=O)c4ccc([N+](=O)[O-])o4)CC3)c2c1. The van der Waals surface area contributed by atoms with Gasteiger partial charge in [-0.05, 0) is 29.8 Å². The summed E-state index contributed by atoms with van der Waals surface area (Å²) in [7, 11) is 1.57. The molecule has 0 spiro atoms. The van der Waals surface area contributed by atoms with Crippen LogP contribution in [0.4, 0.5) is 5.88 Å². The first-order valence-electron chi connectivity index (χ1n) is 9.31. The maximum Gasteiger partial charge on any atom is 0.433 e. The van der Waals surface area contributed by atoms with Crippen molar-refractivity contribution in [2.24, 2.45) is 0 Å². The molecule has 10 heteroatoms. The molecular weight excluding hydrogens is 394 g/mol. The Kier molecular flexibility index (Phi) is 5.23. The van der Waals surface area contributed by atoms with Crippen molar-refractivity contribution in [3.63, 3.8) is 0 Å². The van der Waals surface area contributed by atoms with Gasteiger partial charge in [0.15, 0.2) is 5.76 Å². The van der Waals surface area contributed by atoms with Crippen molar-refractivity contribution >= 4 is 22.8 Å². The zero-order chi connectivity index (χ0) is 21.3. The topological polar surface area (TPSA) is 119 Å². The van der Waals surface area contributed by atoms with Crippen molar-refractivity contribution in [2.45, 2.75) is 6.54 Å². The fourth-order valence-electron chi connectivity index (χ4n) is 3.51. The lowest BCUT2D eigenvalue weighted by Gasteiger charge is -2.34. The van der Waals surface area contributed by atoms with Crippen molar-refractivity contribution in [1.82, 2.24) is 9.80 Å². The van der Waals surface area contributed by atoms with E-state index in [1.807, 2.05) is 6.07 Å². The van der Waals surface area contributed by atoms with Crippen LogP contribution in [0.15, 0.2) is 50.0 Å². The summed E-state index contributed by atoms with van der Waals surface area (Å²) in [6, 6.07) is 9.23. The number of carbonyl (C=O) groups is 1. The van der Waals surface area contributed by atoms with Crippen LogP contribution >= 0.6 is 0 Å². The lowest BCUT2D eigenvalue weighted by Crippen LogP contribution is -2.48. The van der Waals surface area contributed by atoms with Crippen molar-refractivity contribution in [3.8, 4) is 5.75 Å². The van der Waals surface area contributed by atoms with E-state index in [9.17, 15) is 19.7 Å². The number of ether oxygens (including phenoxy) is 1. The molecule has 0 saturated carbocycles. The largest absolute Gasteiger partial charge is 0.497 e. The van der Waals surface area contributed by atoms with Crippen LogP contribution < -0.4 is 10.4 Å². The first kappa shape index (κ1) is 19.6. The molecule has 1 fully saturated rings. The number of nitrogens with zero attached hydrogens (tertiary/aromatic N) is 3. The summed E-state index contributed by atoms with van der Waals surface area (Å²) in [4.78, 5) is 38.2. The predicted octanol–water partition coefficient (Wildman–Crippen LogP) is 2.26. The third-order valence-corrected chi connectivity index (χ3v) is 5.07. The minimum atomic E-state index is -0.676. The number of hydrogen-bond acceptors (Lipinski definition) is 8. The summed E-state index contributed by atoms with van der Waals surface area (Å²) in [6.45, 7) is 2.57. The van der Waals surface area contributed by atoms with Crippen LogP contribution in [0.1, 0.15) is 16.1 Å². The molecule has 0 N–H and O–H groups in total. The molecule has 2 aromatic heterocycles. The Morgan fingerprint density at radius 2 is 1.90 bits per heavy atom. The number of rotatable bonds is 5. The number of benzene rings is 1. The van der Waals surface area contributed by atoms with Gasteiger partial charge in [0, 0.05) is 44.2 Å². The molecule has 10 nitrogen and oxygen atoms in total. The van der Waals surface area contributed by atoms with Gasteiger partial charge in [0.2, 0.25) is 0 Å². The fourth-order valence-corrected chi connectivity index (χ4v) is 3.51. The molecule has 1 amide bonds. The third-order valence-electron chi connectivity index (χ3n) is 5.07. The van der Waals surface area contributed by atoms with Gasteiger partial charge in [0.1, 0.15) is 16.3 Å². The highest BCUT2D eigenvalue weighted by Crippen LogP contribution is 2.24. The summed E-state index contributed by atoms with van der Waals surface area (Å²) < 4.78 is 15.5. The summed E-state index contributed by atoms with van der Waals surface area (Å²) in [5, 5.41) is 11.5. The summed E-state index contributed by atoms with van der Waals surface area (Å²) >= 11 is 0. The fraction of sp³-hybridized carbons (Fsp3) is 0.300. The van der Waals surface area contributed by atoms with Gasteiger partial charge in [-0.25, -0.2) is 4.79 Å². The van der Waals surface area contributed by atoms with Crippen molar-refractivity contribution in [3.05, 3.63) is 68.3 Å². The Morgan fingerprint density at radius 1 is 1.13 bits per heavy atom. The lowest BCUT2D eigenvalue weighted by atomic mass is 10.1. The van der Waals surface area contributed by atoms with Crippen LogP contribution in [0.5, 0.6) is 5.75 Å². The molecule has 0 bridgehead atoms.